The van der Waals surface area contributed by atoms with Crippen molar-refractivity contribution in [1.82, 2.24) is 9.97 Å². The molecule has 0 fully saturated rings. The second-order valence-corrected chi connectivity index (χ2v) is 5.10. The normalized spacial score (nSPS) is 10.2. The maximum absolute atomic E-state index is 12.2. The van der Waals surface area contributed by atoms with E-state index >= 15 is 0 Å². The molecule has 0 spiro atoms. The van der Waals surface area contributed by atoms with Crippen LogP contribution < -0.4 is 10.9 Å². The monoisotopic (exact) mass is 336 g/mol. The van der Waals surface area contributed by atoms with Gasteiger partial charge in [0.05, 0.1) is 4.92 Å². The Kier molecular flexibility index (Phi) is 4.34. The van der Waals surface area contributed by atoms with Gasteiger partial charge in [-0.15, -0.1) is 0 Å². The topological polar surface area (TPSA) is 118 Å². The van der Waals surface area contributed by atoms with Crippen molar-refractivity contribution < 1.29 is 9.72 Å². The van der Waals surface area contributed by atoms with Gasteiger partial charge < -0.3 is 10.3 Å². The summed E-state index contributed by atoms with van der Waals surface area (Å²) in [4.78, 5) is 41.2. The summed E-state index contributed by atoms with van der Waals surface area (Å²) in [5.41, 5.74) is -0.0248. The number of nitro groups is 1. The Balaban J connectivity index is 1.85. The molecular formula is C17H12N4O4. The molecule has 2 N–H and O–H groups in total. The molecule has 0 aliphatic heterocycles. The lowest BCUT2D eigenvalue weighted by Gasteiger charge is -2.05. The summed E-state index contributed by atoms with van der Waals surface area (Å²) < 4.78 is 0. The summed E-state index contributed by atoms with van der Waals surface area (Å²) in [5.74, 6) is -0.355. The summed E-state index contributed by atoms with van der Waals surface area (Å²) in [6.07, 6.45) is 1.17. The lowest BCUT2D eigenvalue weighted by molar-refractivity contribution is -0.384. The van der Waals surface area contributed by atoms with Crippen LogP contribution in [0.2, 0.25) is 0 Å². The van der Waals surface area contributed by atoms with E-state index in [4.69, 9.17) is 0 Å². The van der Waals surface area contributed by atoms with Crippen molar-refractivity contribution in [3.8, 4) is 11.4 Å². The van der Waals surface area contributed by atoms with Crippen molar-refractivity contribution >= 4 is 17.3 Å². The first-order chi connectivity index (χ1) is 12.0. The summed E-state index contributed by atoms with van der Waals surface area (Å²) in [5, 5.41) is 13.2. The van der Waals surface area contributed by atoms with Crippen LogP contribution >= 0.6 is 0 Å². The second kappa shape index (κ2) is 6.75. The molecule has 0 unspecified atom stereocenters. The van der Waals surface area contributed by atoms with E-state index in [0.717, 1.165) is 0 Å². The second-order valence-electron chi connectivity index (χ2n) is 5.10. The number of carbonyl (C=O) groups is 1. The summed E-state index contributed by atoms with van der Waals surface area (Å²) in [6, 6.07) is 14.4. The molecule has 1 amide bonds. The number of rotatable bonds is 4. The first-order valence-electron chi connectivity index (χ1n) is 7.25. The lowest BCUT2D eigenvalue weighted by Crippen LogP contribution is -2.24. The molecule has 8 heteroatoms. The van der Waals surface area contributed by atoms with Gasteiger partial charge in [0.1, 0.15) is 11.4 Å². The predicted molar refractivity (Wildman–Crippen MR) is 91.3 cm³/mol. The van der Waals surface area contributed by atoms with Gasteiger partial charge in [-0.05, 0) is 6.07 Å². The summed E-state index contributed by atoms with van der Waals surface area (Å²) in [6.45, 7) is 0. The summed E-state index contributed by atoms with van der Waals surface area (Å²) >= 11 is 0. The van der Waals surface area contributed by atoms with Crippen molar-refractivity contribution in [1.29, 1.82) is 0 Å². The highest BCUT2D eigenvalue weighted by atomic mass is 16.6. The highest BCUT2D eigenvalue weighted by molar-refractivity contribution is 6.04. The van der Waals surface area contributed by atoms with Crippen LogP contribution in [0.4, 0.5) is 11.4 Å². The molecule has 1 heterocycles. The number of nitrogens with zero attached hydrogens (tertiary/aromatic N) is 2. The smallest absolute Gasteiger partial charge is 0.271 e. The van der Waals surface area contributed by atoms with Gasteiger partial charge in [0.15, 0.2) is 0 Å². The number of non-ortho nitro benzene ring substituents is 1. The largest absolute Gasteiger partial charge is 0.322 e. The molecular weight excluding hydrogens is 324 g/mol. The first-order valence-corrected chi connectivity index (χ1v) is 7.25. The van der Waals surface area contributed by atoms with Crippen LogP contribution in [0.5, 0.6) is 0 Å². The van der Waals surface area contributed by atoms with E-state index in [9.17, 15) is 19.7 Å². The number of anilines is 1. The van der Waals surface area contributed by atoms with Crippen molar-refractivity contribution in [2.75, 3.05) is 5.32 Å². The molecule has 124 valence electrons. The molecule has 0 aliphatic carbocycles. The van der Waals surface area contributed by atoms with E-state index in [1.165, 1.54) is 30.5 Å². The van der Waals surface area contributed by atoms with Gasteiger partial charge >= 0.3 is 0 Å². The molecule has 3 aromatic rings. The molecule has 1 aromatic heterocycles. The molecule has 2 aromatic carbocycles. The minimum absolute atomic E-state index is 0.163. The Morgan fingerprint density at radius 1 is 1.12 bits per heavy atom. The molecule has 0 aliphatic rings. The lowest BCUT2D eigenvalue weighted by atomic mass is 10.2. The molecule has 0 saturated carbocycles. The number of H-pyrrole nitrogens is 1. The average Bonchev–Trinajstić information content (AvgIpc) is 2.62. The van der Waals surface area contributed by atoms with Crippen LogP contribution in [0.3, 0.4) is 0 Å². The van der Waals surface area contributed by atoms with Crippen molar-refractivity contribution in [2.45, 2.75) is 0 Å². The van der Waals surface area contributed by atoms with E-state index in [-0.39, 0.29) is 16.9 Å². The Labute approximate surface area is 141 Å². The molecule has 0 atom stereocenters. The molecule has 3 rings (SSSR count). The highest BCUT2D eigenvalue weighted by Crippen LogP contribution is 2.17. The SMILES string of the molecule is O=C(Nc1cccc([N+](=O)[O-])c1)c1cnc(-c2ccccc2)[nH]c1=O. The average molecular weight is 336 g/mol. The minimum Gasteiger partial charge on any atom is -0.322 e. The third kappa shape index (κ3) is 3.58. The number of aromatic nitrogens is 2. The molecule has 0 radical (unpaired) electrons. The first kappa shape index (κ1) is 16.1. The fourth-order valence-electron chi connectivity index (χ4n) is 2.20. The van der Waals surface area contributed by atoms with E-state index < -0.39 is 16.4 Å². The number of nitrogens with one attached hydrogen (secondary N) is 2. The van der Waals surface area contributed by atoms with Crippen LogP contribution in [0.1, 0.15) is 10.4 Å². The number of nitro benzene ring substituents is 1. The fraction of sp³-hybridized carbons (Fsp3) is 0. The van der Waals surface area contributed by atoms with Gasteiger partial charge in [0.25, 0.3) is 17.2 Å². The summed E-state index contributed by atoms with van der Waals surface area (Å²) in [7, 11) is 0. The third-order valence-corrected chi connectivity index (χ3v) is 3.41. The molecule has 0 saturated heterocycles. The Morgan fingerprint density at radius 3 is 2.56 bits per heavy atom. The molecule has 0 bridgehead atoms. The van der Waals surface area contributed by atoms with E-state index in [1.54, 1.807) is 24.3 Å². The van der Waals surface area contributed by atoms with Crippen LogP contribution in [0, 0.1) is 10.1 Å². The van der Waals surface area contributed by atoms with Crippen LogP contribution in [0.15, 0.2) is 65.6 Å². The van der Waals surface area contributed by atoms with Crippen LogP contribution in [-0.2, 0) is 0 Å². The Morgan fingerprint density at radius 2 is 1.88 bits per heavy atom. The van der Waals surface area contributed by atoms with Gasteiger partial charge in [-0.3, -0.25) is 19.7 Å². The standard InChI is InChI=1S/C17H12N4O4/c22-16(19-12-7-4-8-13(9-12)21(24)25)14-10-18-15(20-17(14)23)11-5-2-1-3-6-11/h1-10H,(H,19,22)(H,18,20,23). The number of aromatic amines is 1. The van der Waals surface area contributed by atoms with Gasteiger partial charge in [-0.25, -0.2) is 4.98 Å². The number of benzene rings is 2. The van der Waals surface area contributed by atoms with Crippen LogP contribution in [-0.4, -0.2) is 20.8 Å². The third-order valence-electron chi connectivity index (χ3n) is 3.41. The van der Waals surface area contributed by atoms with Gasteiger partial charge in [-0.1, -0.05) is 36.4 Å². The zero-order valence-electron chi connectivity index (χ0n) is 12.8. The molecule has 8 nitrogen and oxygen atoms in total. The number of amides is 1. The maximum Gasteiger partial charge on any atom is 0.271 e. The van der Waals surface area contributed by atoms with Crippen molar-refractivity contribution in [2.24, 2.45) is 0 Å². The molecule has 25 heavy (non-hydrogen) atoms. The minimum atomic E-state index is -0.700. The number of carbonyl (C=O) groups excluding carboxylic acids is 1. The Bertz CT molecular complexity index is 999. The van der Waals surface area contributed by atoms with E-state index in [1.807, 2.05) is 6.07 Å². The van der Waals surface area contributed by atoms with Gasteiger partial charge in [0.2, 0.25) is 0 Å². The van der Waals surface area contributed by atoms with E-state index in [0.29, 0.717) is 11.4 Å². The zero-order valence-corrected chi connectivity index (χ0v) is 12.8. The van der Waals surface area contributed by atoms with Gasteiger partial charge in [0, 0.05) is 29.6 Å². The Hall–Kier alpha value is -3.81. The number of hydrogen-bond acceptors (Lipinski definition) is 5. The quantitative estimate of drug-likeness (QED) is 0.561. The van der Waals surface area contributed by atoms with Crippen LogP contribution in [0.25, 0.3) is 11.4 Å². The zero-order chi connectivity index (χ0) is 17.8. The van der Waals surface area contributed by atoms with Crippen molar-refractivity contribution in [3.63, 3.8) is 0 Å². The van der Waals surface area contributed by atoms with Crippen molar-refractivity contribution in [3.05, 3.63) is 86.8 Å². The highest BCUT2D eigenvalue weighted by Gasteiger charge is 2.14. The van der Waals surface area contributed by atoms with Gasteiger partial charge in [-0.2, -0.15) is 0 Å². The fourth-order valence-corrected chi connectivity index (χ4v) is 2.20. The maximum atomic E-state index is 12.2. The predicted octanol–water partition coefficient (Wildman–Crippen LogP) is 2.60. The van der Waals surface area contributed by atoms with E-state index in [2.05, 4.69) is 15.3 Å². The number of hydrogen-bond donors (Lipinski definition) is 2.